The van der Waals surface area contributed by atoms with Crippen LogP contribution >= 0.6 is 0 Å². The smallest absolute Gasteiger partial charge is 0.161 e. The Hall–Kier alpha value is -1.22. The van der Waals surface area contributed by atoms with Gasteiger partial charge in [-0.2, -0.15) is 0 Å². The summed E-state index contributed by atoms with van der Waals surface area (Å²) in [5, 5.41) is 3.73. The van der Waals surface area contributed by atoms with Gasteiger partial charge in [0.05, 0.1) is 14.2 Å². The van der Waals surface area contributed by atoms with Crippen LogP contribution < -0.4 is 14.8 Å². The number of nitrogens with one attached hydrogen (secondary N) is 1. The number of benzene rings is 1. The Balaban J connectivity index is 1.84. The van der Waals surface area contributed by atoms with Crippen LogP contribution in [0.1, 0.15) is 42.9 Å². The van der Waals surface area contributed by atoms with Gasteiger partial charge < -0.3 is 14.8 Å². The van der Waals surface area contributed by atoms with Crippen molar-refractivity contribution in [1.82, 2.24) is 5.32 Å². The van der Waals surface area contributed by atoms with Crippen molar-refractivity contribution >= 4 is 0 Å². The van der Waals surface area contributed by atoms with Gasteiger partial charge in [0.1, 0.15) is 0 Å². The molecule has 0 heterocycles. The molecular formula is C16H23NO2. The fourth-order valence-electron chi connectivity index (χ4n) is 2.97. The molecule has 1 N–H and O–H groups in total. The van der Waals surface area contributed by atoms with Gasteiger partial charge in [-0.3, -0.25) is 0 Å². The summed E-state index contributed by atoms with van der Waals surface area (Å²) in [7, 11) is 3.41. The maximum absolute atomic E-state index is 5.44. The Labute approximate surface area is 115 Å². The summed E-state index contributed by atoms with van der Waals surface area (Å²) >= 11 is 0. The number of hydrogen-bond donors (Lipinski definition) is 1. The monoisotopic (exact) mass is 261 g/mol. The summed E-state index contributed by atoms with van der Waals surface area (Å²) in [6.07, 6.45) is 6.44. The van der Waals surface area contributed by atoms with Gasteiger partial charge in [0.15, 0.2) is 11.5 Å². The lowest BCUT2D eigenvalue weighted by Gasteiger charge is -2.27. The van der Waals surface area contributed by atoms with E-state index < -0.39 is 0 Å². The third-order valence-electron chi connectivity index (χ3n) is 4.31. The second-order valence-corrected chi connectivity index (χ2v) is 5.70. The molecule has 19 heavy (non-hydrogen) atoms. The van der Waals surface area contributed by atoms with Crippen LogP contribution in [0.2, 0.25) is 0 Å². The molecule has 1 aromatic carbocycles. The predicted octanol–water partition coefficient (Wildman–Crippen LogP) is 3.08. The Morgan fingerprint density at radius 3 is 2.53 bits per heavy atom. The zero-order valence-corrected chi connectivity index (χ0v) is 11.9. The highest BCUT2D eigenvalue weighted by Gasteiger charge is 2.26. The second kappa shape index (κ2) is 5.41. The topological polar surface area (TPSA) is 30.5 Å². The first-order chi connectivity index (χ1) is 9.31. The first-order valence-corrected chi connectivity index (χ1v) is 7.30. The number of methoxy groups -OCH3 is 2. The van der Waals surface area contributed by atoms with Crippen molar-refractivity contribution in [3.05, 3.63) is 23.3 Å². The molecule has 3 nitrogen and oxygen atoms in total. The average molecular weight is 261 g/mol. The number of hydrogen-bond acceptors (Lipinski definition) is 3. The van der Waals surface area contributed by atoms with Gasteiger partial charge in [0.25, 0.3) is 0 Å². The van der Waals surface area contributed by atoms with E-state index >= 15 is 0 Å². The molecule has 0 amide bonds. The number of ether oxygens (including phenoxy) is 2. The van der Waals surface area contributed by atoms with E-state index in [0.29, 0.717) is 6.04 Å². The minimum atomic E-state index is 0.490. The molecule has 0 aromatic heterocycles. The van der Waals surface area contributed by atoms with Gasteiger partial charge >= 0.3 is 0 Å². The van der Waals surface area contributed by atoms with Crippen molar-refractivity contribution < 1.29 is 9.47 Å². The van der Waals surface area contributed by atoms with Gasteiger partial charge in [-0.25, -0.2) is 0 Å². The van der Waals surface area contributed by atoms with Crippen LogP contribution in [0.25, 0.3) is 0 Å². The summed E-state index contributed by atoms with van der Waals surface area (Å²) in [6.45, 7) is 1.17. The molecule has 0 aliphatic heterocycles. The lowest BCUT2D eigenvalue weighted by atomic mass is 9.87. The van der Waals surface area contributed by atoms with E-state index in [-0.39, 0.29) is 0 Å². The van der Waals surface area contributed by atoms with Crippen LogP contribution in [-0.4, -0.2) is 20.8 Å². The molecule has 3 rings (SSSR count). The van der Waals surface area contributed by atoms with Gasteiger partial charge in [0.2, 0.25) is 0 Å². The molecule has 1 aromatic rings. The van der Waals surface area contributed by atoms with Crippen LogP contribution in [0.15, 0.2) is 12.1 Å². The Bertz CT molecular complexity index is 454. The summed E-state index contributed by atoms with van der Waals surface area (Å²) in [4.78, 5) is 0. The molecule has 0 saturated heterocycles. The zero-order chi connectivity index (χ0) is 13.2. The first kappa shape index (κ1) is 12.8. The van der Waals surface area contributed by atoms with Crippen molar-refractivity contribution in [2.24, 2.45) is 5.92 Å². The zero-order valence-electron chi connectivity index (χ0n) is 11.9. The van der Waals surface area contributed by atoms with E-state index in [1.807, 2.05) is 0 Å². The Kier molecular flexibility index (Phi) is 3.65. The third-order valence-corrected chi connectivity index (χ3v) is 4.31. The van der Waals surface area contributed by atoms with Crippen LogP contribution in [0, 0.1) is 5.92 Å². The van der Waals surface area contributed by atoms with Gasteiger partial charge in [-0.15, -0.1) is 0 Å². The molecule has 1 saturated carbocycles. The first-order valence-electron chi connectivity index (χ1n) is 7.30. The van der Waals surface area contributed by atoms with Gasteiger partial charge in [-0.05, 0) is 67.8 Å². The average Bonchev–Trinajstić information content (AvgIpc) is 3.27. The van der Waals surface area contributed by atoms with Crippen molar-refractivity contribution in [1.29, 1.82) is 0 Å². The fourth-order valence-corrected chi connectivity index (χ4v) is 2.97. The lowest BCUT2D eigenvalue weighted by molar-refractivity contribution is 0.351. The number of rotatable bonds is 5. The fraction of sp³-hybridized carbons (Fsp3) is 0.625. The van der Waals surface area contributed by atoms with Crippen LogP contribution in [0.5, 0.6) is 11.5 Å². The third kappa shape index (κ3) is 2.71. The Morgan fingerprint density at radius 2 is 1.84 bits per heavy atom. The minimum Gasteiger partial charge on any atom is -0.493 e. The molecule has 2 aliphatic rings. The summed E-state index contributed by atoms with van der Waals surface area (Å²) in [6, 6.07) is 4.81. The molecule has 1 atom stereocenters. The van der Waals surface area contributed by atoms with E-state index in [2.05, 4.69) is 17.4 Å². The molecule has 0 spiro atoms. The van der Waals surface area contributed by atoms with Crippen LogP contribution in [0.3, 0.4) is 0 Å². The Morgan fingerprint density at radius 1 is 1.11 bits per heavy atom. The van der Waals surface area contributed by atoms with E-state index in [9.17, 15) is 0 Å². The highest BCUT2D eigenvalue weighted by Crippen LogP contribution is 2.38. The molecule has 0 bridgehead atoms. The summed E-state index contributed by atoms with van der Waals surface area (Å²) in [5.74, 6) is 2.62. The van der Waals surface area contributed by atoms with Crippen LogP contribution in [0.4, 0.5) is 0 Å². The van der Waals surface area contributed by atoms with Crippen molar-refractivity contribution in [2.45, 2.75) is 38.1 Å². The molecule has 104 valence electrons. The number of fused-ring (bicyclic) bond motifs is 1. The SMILES string of the molecule is COc1cc2c(cc1OC)C(NCC1CC1)CCC2. The highest BCUT2D eigenvalue weighted by molar-refractivity contribution is 5.49. The molecular weight excluding hydrogens is 238 g/mol. The largest absolute Gasteiger partial charge is 0.493 e. The molecule has 3 heteroatoms. The molecule has 2 aliphatic carbocycles. The van der Waals surface area contributed by atoms with E-state index in [1.54, 1.807) is 14.2 Å². The summed E-state index contributed by atoms with van der Waals surface area (Å²) < 4.78 is 10.8. The standard InChI is InChI=1S/C16H23NO2/c1-18-15-8-12-4-3-5-14(17-10-11-6-7-11)13(12)9-16(15)19-2/h8-9,11,14,17H,3-7,10H2,1-2H3. The minimum absolute atomic E-state index is 0.490. The molecule has 0 radical (unpaired) electrons. The summed E-state index contributed by atoms with van der Waals surface area (Å²) in [5.41, 5.74) is 2.82. The predicted molar refractivity (Wildman–Crippen MR) is 76.0 cm³/mol. The quantitative estimate of drug-likeness (QED) is 0.883. The lowest BCUT2D eigenvalue weighted by Crippen LogP contribution is -2.27. The highest BCUT2D eigenvalue weighted by atomic mass is 16.5. The number of aryl methyl sites for hydroxylation is 1. The normalized spacial score (nSPS) is 21.9. The molecule has 1 fully saturated rings. The van der Waals surface area contributed by atoms with Crippen molar-refractivity contribution in [2.75, 3.05) is 20.8 Å². The van der Waals surface area contributed by atoms with Crippen molar-refractivity contribution in [3.63, 3.8) is 0 Å². The maximum atomic E-state index is 5.44. The van der Waals surface area contributed by atoms with Gasteiger partial charge in [0, 0.05) is 6.04 Å². The maximum Gasteiger partial charge on any atom is 0.161 e. The van der Waals surface area contributed by atoms with Crippen molar-refractivity contribution in [3.8, 4) is 11.5 Å². The van der Waals surface area contributed by atoms with E-state index in [1.165, 1.54) is 43.4 Å². The van der Waals surface area contributed by atoms with E-state index in [0.717, 1.165) is 23.8 Å². The second-order valence-electron chi connectivity index (χ2n) is 5.70. The van der Waals surface area contributed by atoms with Crippen LogP contribution in [-0.2, 0) is 6.42 Å². The van der Waals surface area contributed by atoms with Gasteiger partial charge in [-0.1, -0.05) is 0 Å². The molecule has 1 unspecified atom stereocenters. The van der Waals surface area contributed by atoms with E-state index in [4.69, 9.17) is 9.47 Å².